The second kappa shape index (κ2) is 6.37. The maximum absolute atomic E-state index is 11.1. The van der Waals surface area contributed by atoms with Crippen LogP contribution in [-0.2, 0) is 9.59 Å². The summed E-state index contributed by atoms with van der Waals surface area (Å²) < 4.78 is 0. The van der Waals surface area contributed by atoms with Gasteiger partial charge in [-0.25, -0.2) is 0 Å². The van der Waals surface area contributed by atoms with E-state index < -0.39 is 6.10 Å². The van der Waals surface area contributed by atoms with Gasteiger partial charge < -0.3 is 10.2 Å². The van der Waals surface area contributed by atoms with E-state index in [1.165, 1.54) is 6.08 Å². The Balaban J connectivity index is 0.000000220. The molecule has 124 valence electrons. The summed E-state index contributed by atoms with van der Waals surface area (Å²) in [6, 6.07) is 0. The third kappa shape index (κ3) is 4.54. The van der Waals surface area contributed by atoms with Crippen molar-refractivity contribution in [1.82, 2.24) is 0 Å². The number of allylic oxidation sites excluding steroid dienone is 3. The van der Waals surface area contributed by atoms with Crippen molar-refractivity contribution in [3.63, 3.8) is 0 Å². The van der Waals surface area contributed by atoms with E-state index in [-0.39, 0.29) is 28.2 Å². The van der Waals surface area contributed by atoms with Crippen LogP contribution in [0.1, 0.15) is 60.8 Å². The molecule has 0 aromatic heterocycles. The fraction of sp³-hybridized carbons (Fsp3) is 0.667. The number of ketones is 2. The van der Waals surface area contributed by atoms with Gasteiger partial charge >= 0.3 is 0 Å². The third-order valence-electron chi connectivity index (χ3n) is 4.24. The van der Waals surface area contributed by atoms with Gasteiger partial charge in [0.1, 0.15) is 0 Å². The standard InChI is InChI=1S/2C9H14O2/c1-6-4-9(2,3)5-7(10)8(6)11;1-6-4-7(10)5-9(2,3)8(6)11/h11H,4-5H2,1-3H3;4,8,11H,5H2,1-3H3. The summed E-state index contributed by atoms with van der Waals surface area (Å²) in [7, 11) is 0. The Kier molecular flexibility index (Phi) is 5.39. The van der Waals surface area contributed by atoms with Crippen molar-refractivity contribution in [2.75, 3.05) is 0 Å². The van der Waals surface area contributed by atoms with Gasteiger partial charge in [-0.05, 0) is 42.9 Å². The molecule has 2 aliphatic carbocycles. The molecule has 0 spiro atoms. The van der Waals surface area contributed by atoms with E-state index in [9.17, 15) is 19.8 Å². The van der Waals surface area contributed by atoms with Gasteiger partial charge in [0.05, 0.1) is 6.10 Å². The SMILES string of the molecule is CC1=C(O)C(=O)CC(C)(C)C1.CC1=CC(=O)CC(C)(C)C1O. The highest BCUT2D eigenvalue weighted by Gasteiger charge is 2.34. The van der Waals surface area contributed by atoms with Gasteiger partial charge in [-0.1, -0.05) is 27.7 Å². The zero-order valence-electron chi connectivity index (χ0n) is 14.5. The molecule has 0 saturated heterocycles. The molecule has 2 aliphatic rings. The lowest BCUT2D eigenvalue weighted by atomic mass is 9.75. The lowest BCUT2D eigenvalue weighted by Crippen LogP contribution is -2.35. The number of hydrogen-bond donors (Lipinski definition) is 2. The smallest absolute Gasteiger partial charge is 0.197 e. The molecule has 22 heavy (non-hydrogen) atoms. The summed E-state index contributed by atoms with van der Waals surface area (Å²) in [5.74, 6) is 0.000810. The van der Waals surface area contributed by atoms with Crippen LogP contribution in [0.15, 0.2) is 23.0 Å². The summed E-state index contributed by atoms with van der Waals surface area (Å²) in [4.78, 5) is 22.2. The predicted molar refractivity (Wildman–Crippen MR) is 86.5 cm³/mol. The van der Waals surface area contributed by atoms with E-state index in [0.29, 0.717) is 12.8 Å². The van der Waals surface area contributed by atoms with E-state index in [1.807, 2.05) is 34.6 Å². The minimum Gasteiger partial charge on any atom is -0.504 e. The Hall–Kier alpha value is -1.42. The Morgan fingerprint density at radius 2 is 1.59 bits per heavy atom. The van der Waals surface area contributed by atoms with Gasteiger partial charge in [0.25, 0.3) is 0 Å². The van der Waals surface area contributed by atoms with Gasteiger partial charge in [-0.15, -0.1) is 0 Å². The Morgan fingerprint density at radius 1 is 1.05 bits per heavy atom. The molecule has 2 N–H and O–H groups in total. The van der Waals surface area contributed by atoms with Gasteiger partial charge in [-0.2, -0.15) is 0 Å². The number of carbonyl (C=O) groups is 2. The minimum atomic E-state index is -0.458. The van der Waals surface area contributed by atoms with Crippen LogP contribution in [-0.4, -0.2) is 27.9 Å². The molecule has 0 amide bonds. The normalized spacial score (nSPS) is 27.0. The Labute approximate surface area is 132 Å². The van der Waals surface area contributed by atoms with Crippen molar-refractivity contribution < 1.29 is 19.8 Å². The number of aliphatic hydroxyl groups is 2. The molecule has 0 aromatic rings. The third-order valence-corrected chi connectivity index (χ3v) is 4.24. The first-order valence-electron chi connectivity index (χ1n) is 7.67. The average Bonchev–Trinajstić information content (AvgIpc) is 2.32. The average molecular weight is 308 g/mol. The van der Waals surface area contributed by atoms with Crippen molar-refractivity contribution in [1.29, 1.82) is 0 Å². The van der Waals surface area contributed by atoms with Gasteiger partial charge in [0.2, 0.25) is 0 Å². The molecule has 0 fully saturated rings. The number of aliphatic hydroxyl groups excluding tert-OH is 2. The van der Waals surface area contributed by atoms with Gasteiger partial charge in [0, 0.05) is 18.3 Å². The van der Waals surface area contributed by atoms with Crippen LogP contribution in [0.2, 0.25) is 0 Å². The Morgan fingerprint density at radius 3 is 2.05 bits per heavy atom. The first kappa shape index (κ1) is 18.6. The van der Waals surface area contributed by atoms with Crippen LogP contribution in [0.3, 0.4) is 0 Å². The molecule has 1 unspecified atom stereocenters. The van der Waals surface area contributed by atoms with Crippen molar-refractivity contribution in [3.05, 3.63) is 23.0 Å². The van der Waals surface area contributed by atoms with Gasteiger partial charge in [0.15, 0.2) is 17.3 Å². The first-order chi connectivity index (χ1) is 9.85. The molecule has 0 heterocycles. The summed E-state index contributed by atoms with van der Waals surface area (Å²) >= 11 is 0. The number of carbonyl (C=O) groups excluding carboxylic acids is 2. The molecule has 4 heteroatoms. The van der Waals surface area contributed by atoms with Crippen molar-refractivity contribution in [3.8, 4) is 0 Å². The van der Waals surface area contributed by atoms with Crippen LogP contribution in [0, 0.1) is 10.8 Å². The van der Waals surface area contributed by atoms with Crippen molar-refractivity contribution >= 4 is 11.6 Å². The second-order valence-corrected chi connectivity index (χ2v) is 7.99. The lowest BCUT2D eigenvalue weighted by molar-refractivity contribution is -0.121. The minimum absolute atomic E-state index is 0.00988. The molecule has 0 aromatic carbocycles. The molecular formula is C18H28O4. The highest BCUT2D eigenvalue weighted by Crippen LogP contribution is 2.35. The monoisotopic (exact) mass is 308 g/mol. The molecule has 0 bridgehead atoms. The predicted octanol–water partition coefficient (Wildman–Crippen LogP) is 3.50. The number of Topliss-reactive ketones (excluding diaryl/α,β-unsaturated/α-hetero) is 1. The largest absolute Gasteiger partial charge is 0.504 e. The van der Waals surface area contributed by atoms with Gasteiger partial charge in [-0.3, -0.25) is 9.59 Å². The molecule has 2 rings (SSSR count). The highest BCUT2D eigenvalue weighted by molar-refractivity contribution is 5.95. The van der Waals surface area contributed by atoms with E-state index in [2.05, 4.69) is 0 Å². The molecule has 4 nitrogen and oxygen atoms in total. The zero-order valence-corrected chi connectivity index (χ0v) is 14.5. The van der Waals surface area contributed by atoms with Crippen LogP contribution in [0.5, 0.6) is 0 Å². The second-order valence-electron chi connectivity index (χ2n) is 7.99. The van der Waals surface area contributed by atoms with Crippen LogP contribution in [0.4, 0.5) is 0 Å². The van der Waals surface area contributed by atoms with E-state index in [0.717, 1.165) is 17.6 Å². The van der Waals surface area contributed by atoms with E-state index in [1.54, 1.807) is 6.92 Å². The quantitative estimate of drug-likeness (QED) is 0.718. The maximum atomic E-state index is 11.1. The van der Waals surface area contributed by atoms with Crippen LogP contribution in [0.25, 0.3) is 0 Å². The van der Waals surface area contributed by atoms with Crippen LogP contribution < -0.4 is 0 Å². The first-order valence-corrected chi connectivity index (χ1v) is 7.67. The topological polar surface area (TPSA) is 74.6 Å². The molecule has 1 atom stereocenters. The summed E-state index contributed by atoms with van der Waals surface area (Å²) in [5, 5.41) is 18.8. The summed E-state index contributed by atoms with van der Waals surface area (Å²) in [5.41, 5.74) is 1.36. The molecular weight excluding hydrogens is 280 g/mol. The highest BCUT2D eigenvalue weighted by atomic mass is 16.3. The van der Waals surface area contributed by atoms with Crippen molar-refractivity contribution in [2.45, 2.75) is 66.9 Å². The number of rotatable bonds is 0. The summed E-state index contributed by atoms with van der Waals surface area (Å²) in [6.45, 7) is 11.5. The number of hydrogen-bond acceptors (Lipinski definition) is 4. The zero-order chi connectivity index (χ0) is 17.3. The Bertz CT molecular complexity index is 535. The van der Waals surface area contributed by atoms with Crippen LogP contribution >= 0.6 is 0 Å². The van der Waals surface area contributed by atoms with E-state index >= 15 is 0 Å². The van der Waals surface area contributed by atoms with Crippen molar-refractivity contribution in [2.24, 2.45) is 10.8 Å². The molecule has 0 radical (unpaired) electrons. The molecule has 0 aliphatic heterocycles. The maximum Gasteiger partial charge on any atom is 0.197 e. The molecule has 0 saturated carbocycles. The van der Waals surface area contributed by atoms with E-state index in [4.69, 9.17) is 0 Å². The fourth-order valence-electron chi connectivity index (χ4n) is 3.17. The fourth-order valence-corrected chi connectivity index (χ4v) is 3.17. The summed E-state index contributed by atoms with van der Waals surface area (Å²) in [6.07, 6.45) is 2.82. The lowest BCUT2D eigenvalue weighted by Gasteiger charge is -2.33.